The van der Waals surface area contributed by atoms with E-state index >= 15 is 0 Å². The van der Waals surface area contributed by atoms with Gasteiger partial charge in [-0.3, -0.25) is 10.2 Å². The van der Waals surface area contributed by atoms with Crippen LogP contribution >= 0.6 is 34.7 Å². The summed E-state index contributed by atoms with van der Waals surface area (Å²) < 4.78 is 0.777. The summed E-state index contributed by atoms with van der Waals surface area (Å²) in [5.74, 6) is 5.94. The normalized spacial score (nSPS) is 10.0. The van der Waals surface area contributed by atoms with Gasteiger partial charge in [-0.25, -0.2) is 5.84 Å². The quantitative estimate of drug-likeness (QED) is 0.475. The molecule has 6 heteroatoms. The SMILES string of the molecule is NNC(=O)CSCc1ccc(Cl)s1. The lowest BCUT2D eigenvalue weighted by Crippen LogP contribution is -2.31. The molecule has 1 rings (SSSR count). The van der Waals surface area contributed by atoms with Gasteiger partial charge in [0.05, 0.1) is 10.1 Å². The van der Waals surface area contributed by atoms with Crippen LogP contribution in [0.3, 0.4) is 0 Å². The fourth-order valence-electron chi connectivity index (χ4n) is 0.715. The van der Waals surface area contributed by atoms with E-state index in [0.29, 0.717) is 5.75 Å². The minimum absolute atomic E-state index is 0.160. The van der Waals surface area contributed by atoms with Gasteiger partial charge in [0, 0.05) is 10.6 Å². The van der Waals surface area contributed by atoms with E-state index in [1.165, 1.54) is 28.0 Å². The highest BCUT2D eigenvalue weighted by Gasteiger charge is 2.01. The van der Waals surface area contributed by atoms with Gasteiger partial charge in [-0.2, -0.15) is 0 Å². The molecule has 3 nitrogen and oxygen atoms in total. The van der Waals surface area contributed by atoms with E-state index in [-0.39, 0.29) is 5.91 Å². The standard InChI is InChI=1S/C7H9ClN2OS2/c8-6-2-1-5(13-6)3-12-4-7(11)10-9/h1-2H,3-4,9H2,(H,10,11). The molecule has 1 amide bonds. The predicted octanol–water partition coefficient (Wildman–Crippen LogP) is 1.62. The molecular formula is C7H9ClN2OS2. The van der Waals surface area contributed by atoms with Gasteiger partial charge in [0.25, 0.3) is 0 Å². The zero-order valence-corrected chi connectivity index (χ0v) is 9.14. The molecule has 0 aliphatic rings. The van der Waals surface area contributed by atoms with Crippen molar-refractivity contribution in [1.29, 1.82) is 0 Å². The number of amides is 1. The van der Waals surface area contributed by atoms with Gasteiger partial charge in [0.15, 0.2) is 0 Å². The first kappa shape index (κ1) is 10.8. The van der Waals surface area contributed by atoms with E-state index in [1.54, 1.807) is 0 Å². The van der Waals surface area contributed by atoms with Crippen LogP contribution in [0.2, 0.25) is 4.34 Å². The Kier molecular flexibility index (Phi) is 4.58. The number of rotatable bonds is 4. The lowest BCUT2D eigenvalue weighted by molar-refractivity contribution is -0.118. The maximum atomic E-state index is 10.7. The summed E-state index contributed by atoms with van der Waals surface area (Å²) in [6, 6.07) is 3.81. The molecule has 0 aromatic carbocycles. The topological polar surface area (TPSA) is 55.1 Å². The Morgan fingerprint density at radius 2 is 2.46 bits per heavy atom. The smallest absolute Gasteiger partial charge is 0.243 e. The monoisotopic (exact) mass is 236 g/mol. The Hall–Kier alpha value is -0.230. The minimum Gasteiger partial charge on any atom is -0.294 e. The van der Waals surface area contributed by atoms with E-state index in [2.05, 4.69) is 5.43 Å². The number of nitrogens with two attached hydrogens (primary N) is 1. The van der Waals surface area contributed by atoms with E-state index in [0.717, 1.165) is 10.1 Å². The Labute approximate surface area is 89.6 Å². The van der Waals surface area contributed by atoms with Crippen molar-refractivity contribution in [3.05, 3.63) is 21.3 Å². The Bertz CT molecular complexity index is 290. The Morgan fingerprint density at radius 1 is 1.69 bits per heavy atom. The number of thioether (sulfide) groups is 1. The van der Waals surface area contributed by atoms with Crippen molar-refractivity contribution >= 4 is 40.6 Å². The lowest BCUT2D eigenvalue weighted by Gasteiger charge is -1.97. The fourth-order valence-corrected chi connectivity index (χ4v) is 2.75. The number of hydrogen-bond acceptors (Lipinski definition) is 4. The highest BCUT2D eigenvalue weighted by atomic mass is 35.5. The molecule has 13 heavy (non-hydrogen) atoms. The van der Waals surface area contributed by atoms with Crippen molar-refractivity contribution in [2.75, 3.05) is 5.75 Å². The Morgan fingerprint density at radius 3 is 3.00 bits per heavy atom. The van der Waals surface area contributed by atoms with Gasteiger partial charge in [-0.1, -0.05) is 11.6 Å². The van der Waals surface area contributed by atoms with E-state index in [9.17, 15) is 4.79 Å². The Balaban J connectivity index is 2.24. The highest BCUT2D eigenvalue weighted by Crippen LogP contribution is 2.24. The van der Waals surface area contributed by atoms with Gasteiger partial charge in [0.1, 0.15) is 0 Å². The maximum Gasteiger partial charge on any atom is 0.243 e. The summed E-state index contributed by atoms with van der Waals surface area (Å²) in [5.41, 5.74) is 2.07. The van der Waals surface area contributed by atoms with Crippen molar-refractivity contribution < 1.29 is 4.79 Å². The summed E-state index contributed by atoms with van der Waals surface area (Å²) in [6.45, 7) is 0. The molecule has 0 radical (unpaired) electrons. The second-order valence-electron chi connectivity index (χ2n) is 2.27. The number of halogens is 1. The van der Waals surface area contributed by atoms with Crippen molar-refractivity contribution in [2.45, 2.75) is 5.75 Å². The number of thiophene rings is 1. The van der Waals surface area contributed by atoms with Crippen LogP contribution in [0.1, 0.15) is 4.88 Å². The van der Waals surface area contributed by atoms with Crippen LogP contribution in [0.15, 0.2) is 12.1 Å². The molecule has 0 saturated carbocycles. The van der Waals surface area contributed by atoms with Crippen LogP contribution in [0.4, 0.5) is 0 Å². The molecule has 72 valence electrons. The van der Waals surface area contributed by atoms with Crippen molar-refractivity contribution in [2.24, 2.45) is 5.84 Å². The molecule has 0 spiro atoms. The fraction of sp³-hybridized carbons (Fsp3) is 0.286. The van der Waals surface area contributed by atoms with Gasteiger partial charge in [0.2, 0.25) is 5.91 Å². The van der Waals surface area contributed by atoms with Crippen LogP contribution in [-0.2, 0) is 10.5 Å². The number of nitrogens with one attached hydrogen (secondary N) is 1. The van der Waals surface area contributed by atoms with Crippen molar-refractivity contribution in [1.82, 2.24) is 5.43 Å². The zero-order chi connectivity index (χ0) is 9.68. The summed E-state index contributed by atoms with van der Waals surface area (Å²) >= 11 is 8.78. The predicted molar refractivity (Wildman–Crippen MR) is 57.8 cm³/mol. The largest absolute Gasteiger partial charge is 0.294 e. The van der Waals surface area contributed by atoms with E-state index < -0.39 is 0 Å². The van der Waals surface area contributed by atoms with Gasteiger partial charge < -0.3 is 0 Å². The molecule has 3 N–H and O–H groups in total. The number of hydrogen-bond donors (Lipinski definition) is 2. The van der Waals surface area contributed by atoms with E-state index in [4.69, 9.17) is 17.4 Å². The molecule has 1 heterocycles. The molecule has 0 unspecified atom stereocenters. The molecule has 0 aliphatic heterocycles. The van der Waals surface area contributed by atoms with Crippen LogP contribution in [0.25, 0.3) is 0 Å². The molecule has 0 bridgehead atoms. The minimum atomic E-state index is -0.160. The molecule has 1 aromatic heterocycles. The third kappa shape index (κ3) is 3.99. The van der Waals surface area contributed by atoms with Crippen molar-refractivity contribution in [3.8, 4) is 0 Å². The second-order valence-corrected chi connectivity index (χ2v) is 5.05. The summed E-state index contributed by atoms with van der Waals surface area (Å²) in [4.78, 5) is 11.9. The molecule has 0 fully saturated rings. The summed E-state index contributed by atoms with van der Waals surface area (Å²) in [6.07, 6.45) is 0. The van der Waals surface area contributed by atoms with Crippen LogP contribution < -0.4 is 11.3 Å². The van der Waals surface area contributed by atoms with Gasteiger partial charge in [-0.05, 0) is 12.1 Å². The van der Waals surface area contributed by atoms with Crippen LogP contribution in [0, 0.1) is 0 Å². The number of carbonyl (C=O) groups excluding carboxylic acids is 1. The maximum absolute atomic E-state index is 10.7. The molecule has 1 aromatic rings. The molecule has 0 aliphatic carbocycles. The highest BCUT2D eigenvalue weighted by molar-refractivity contribution is 7.99. The first-order valence-electron chi connectivity index (χ1n) is 3.54. The third-order valence-electron chi connectivity index (χ3n) is 1.27. The van der Waals surface area contributed by atoms with Crippen LogP contribution in [0.5, 0.6) is 0 Å². The number of hydrazine groups is 1. The van der Waals surface area contributed by atoms with Crippen molar-refractivity contribution in [3.63, 3.8) is 0 Å². The van der Waals surface area contributed by atoms with E-state index in [1.807, 2.05) is 12.1 Å². The van der Waals surface area contributed by atoms with Crippen LogP contribution in [-0.4, -0.2) is 11.7 Å². The average Bonchev–Trinajstić information content (AvgIpc) is 2.51. The third-order valence-corrected chi connectivity index (χ3v) is 3.66. The second kappa shape index (κ2) is 5.49. The summed E-state index contributed by atoms with van der Waals surface area (Å²) in [5, 5.41) is 0. The first-order chi connectivity index (χ1) is 6.22. The zero-order valence-electron chi connectivity index (χ0n) is 6.75. The van der Waals surface area contributed by atoms with Gasteiger partial charge >= 0.3 is 0 Å². The lowest BCUT2D eigenvalue weighted by atomic mass is 10.5. The average molecular weight is 237 g/mol. The van der Waals surface area contributed by atoms with Gasteiger partial charge in [-0.15, -0.1) is 23.1 Å². The number of carbonyl (C=O) groups is 1. The summed E-state index contributed by atoms with van der Waals surface area (Å²) in [7, 11) is 0. The molecule has 0 saturated heterocycles. The first-order valence-corrected chi connectivity index (χ1v) is 5.88. The molecule has 0 atom stereocenters. The molecular weight excluding hydrogens is 228 g/mol.